The third kappa shape index (κ3) is 2.66. The van der Waals surface area contributed by atoms with Gasteiger partial charge in [0.1, 0.15) is 0 Å². The molecule has 0 aliphatic heterocycles. The lowest BCUT2D eigenvalue weighted by molar-refractivity contribution is 0.249. The van der Waals surface area contributed by atoms with E-state index < -0.39 is 0 Å². The Labute approximate surface area is 111 Å². The molecule has 4 nitrogen and oxygen atoms in total. The standard InChI is InChI=1S/C13H19N3OS/c17-12(16-13-15-5-6-18-13)14-4-3-11-8-9-1-2-10(11)7-9/h5-6,9-11H,1-4,7-8H2,(H2,14,15,16,17)/t9-,10-,11+/m0/s1. The second kappa shape index (κ2) is 5.26. The van der Waals surface area contributed by atoms with Gasteiger partial charge in [-0.1, -0.05) is 6.42 Å². The molecule has 0 saturated heterocycles. The van der Waals surface area contributed by atoms with Gasteiger partial charge in [0.15, 0.2) is 5.13 Å². The van der Waals surface area contributed by atoms with E-state index in [0.29, 0.717) is 5.13 Å². The van der Waals surface area contributed by atoms with E-state index in [1.807, 2.05) is 5.38 Å². The Morgan fingerprint density at radius 3 is 3.06 bits per heavy atom. The van der Waals surface area contributed by atoms with E-state index in [0.717, 1.165) is 30.7 Å². The van der Waals surface area contributed by atoms with Gasteiger partial charge in [-0.2, -0.15) is 0 Å². The van der Waals surface area contributed by atoms with Crippen molar-refractivity contribution in [1.82, 2.24) is 10.3 Å². The van der Waals surface area contributed by atoms with Crippen LogP contribution in [0.15, 0.2) is 11.6 Å². The predicted octanol–water partition coefficient (Wildman–Crippen LogP) is 3.09. The van der Waals surface area contributed by atoms with Gasteiger partial charge >= 0.3 is 6.03 Å². The first-order valence-electron chi connectivity index (χ1n) is 6.75. The minimum Gasteiger partial charge on any atom is -0.338 e. The zero-order valence-electron chi connectivity index (χ0n) is 10.4. The van der Waals surface area contributed by atoms with Crippen molar-refractivity contribution in [3.8, 4) is 0 Å². The van der Waals surface area contributed by atoms with Crippen LogP contribution in [0.25, 0.3) is 0 Å². The lowest BCUT2D eigenvalue weighted by Gasteiger charge is -2.21. The first-order chi connectivity index (χ1) is 8.81. The summed E-state index contributed by atoms with van der Waals surface area (Å²) in [5.74, 6) is 2.78. The highest BCUT2D eigenvalue weighted by atomic mass is 32.1. The highest BCUT2D eigenvalue weighted by Gasteiger charge is 2.38. The Hall–Kier alpha value is -1.10. The summed E-state index contributed by atoms with van der Waals surface area (Å²) in [5, 5.41) is 8.17. The van der Waals surface area contributed by atoms with Gasteiger partial charge in [-0.25, -0.2) is 9.78 Å². The van der Waals surface area contributed by atoms with Gasteiger partial charge in [0.2, 0.25) is 0 Å². The van der Waals surface area contributed by atoms with Crippen LogP contribution in [-0.2, 0) is 0 Å². The van der Waals surface area contributed by atoms with Crippen molar-refractivity contribution in [1.29, 1.82) is 0 Å². The fraction of sp³-hybridized carbons (Fsp3) is 0.692. The molecular weight excluding hydrogens is 246 g/mol. The number of amides is 2. The number of anilines is 1. The van der Waals surface area contributed by atoms with Crippen molar-refractivity contribution in [2.45, 2.75) is 32.1 Å². The van der Waals surface area contributed by atoms with Crippen molar-refractivity contribution in [2.75, 3.05) is 11.9 Å². The SMILES string of the molecule is O=C(NCC[C@@H]1C[C@H]2CC[C@H]1C2)Nc1nccs1. The molecule has 5 heteroatoms. The number of urea groups is 1. The Morgan fingerprint density at radius 2 is 2.39 bits per heavy atom. The largest absolute Gasteiger partial charge is 0.338 e. The normalized spacial score (nSPS) is 29.4. The monoisotopic (exact) mass is 265 g/mol. The van der Waals surface area contributed by atoms with Crippen LogP contribution in [0, 0.1) is 17.8 Å². The maximum absolute atomic E-state index is 11.6. The zero-order chi connectivity index (χ0) is 12.4. The smallest absolute Gasteiger partial charge is 0.321 e. The third-order valence-corrected chi connectivity index (χ3v) is 5.03. The molecule has 1 aromatic heterocycles. The van der Waals surface area contributed by atoms with E-state index in [-0.39, 0.29) is 6.03 Å². The summed E-state index contributed by atoms with van der Waals surface area (Å²) in [6.45, 7) is 0.783. The molecule has 3 atom stereocenters. The minimum absolute atomic E-state index is 0.131. The van der Waals surface area contributed by atoms with E-state index in [2.05, 4.69) is 15.6 Å². The van der Waals surface area contributed by atoms with Crippen LogP contribution < -0.4 is 10.6 Å². The molecule has 2 saturated carbocycles. The fourth-order valence-electron chi connectivity index (χ4n) is 3.53. The predicted molar refractivity (Wildman–Crippen MR) is 72.7 cm³/mol. The van der Waals surface area contributed by atoms with Crippen LogP contribution in [0.5, 0.6) is 0 Å². The zero-order valence-corrected chi connectivity index (χ0v) is 11.2. The molecule has 98 valence electrons. The van der Waals surface area contributed by atoms with Crippen molar-refractivity contribution in [2.24, 2.45) is 17.8 Å². The van der Waals surface area contributed by atoms with Gasteiger partial charge in [0, 0.05) is 18.1 Å². The van der Waals surface area contributed by atoms with Crippen LogP contribution in [0.1, 0.15) is 32.1 Å². The molecule has 2 fully saturated rings. The van der Waals surface area contributed by atoms with Gasteiger partial charge in [-0.05, 0) is 43.4 Å². The Kier molecular flexibility index (Phi) is 3.50. The topological polar surface area (TPSA) is 54.0 Å². The first-order valence-corrected chi connectivity index (χ1v) is 7.63. The highest BCUT2D eigenvalue weighted by Crippen LogP contribution is 2.49. The van der Waals surface area contributed by atoms with Crippen LogP contribution in [0.4, 0.5) is 9.93 Å². The first kappa shape index (κ1) is 12.0. The summed E-state index contributed by atoms with van der Waals surface area (Å²) < 4.78 is 0. The van der Waals surface area contributed by atoms with Gasteiger partial charge in [0.05, 0.1) is 0 Å². The van der Waals surface area contributed by atoms with Crippen LogP contribution in [-0.4, -0.2) is 17.6 Å². The number of hydrogen-bond acceptors (Lipinski definition) is 3. The van der Waals surface area contributed by atoms with E-state index in [1.165, 1.54) is 37.0 Å². The van der Waals surface area contributed by atoms with E-state index >= 15 is 0 Å². The van der Waals surface area contributed by atoms with Gasteiger partial charge < -0.3 is 5.32 Å². The van der Waals surface area contributed by atoms with Crippen molar-refractivity contribution >= 4 is 22.5 Å². The maximum Gasteiger partial charge on any atom is 0.321 e. The molecule has 3 rings (SSSR count). The average molecular weight is 265 g/mol. The summed E-state index contributed by atoms with van der Waals surface area (Å²) in [5.41, 5.74) is 0. The number of aromatic nitrogens is 1. The molecule has 2 aliphatic carbocycles. The molecular formula is C13H19N3OS. The number of thiazole rings is 1. The molecule has 2 aliphatic rings. The molecule has 2 N–H and O–H groups in total. The molecule has 0 spiro atoms. The molecule has 2 bridgehead atoms. The number of nitrogens with one attached hydrogen (secondary N) is 2. The Balaban J connectivity index is 1.36. The molecule has 2 amide bonds. The van der Waals surface area contributed by atoms with Crippen LogP contribution >= 0.6 is 11.3 Å². The molecule has 0 unspecified atom stereocenters. The Morgan fingerprint density at radius 1 is 1.44 bits per heavy atom. The molecule has 1 aromatic rings. The van der Waals surface area contributed by atoms with Gasteiger partial charge in [-0.3, -0.25) is 5.32 Å². The second-order valence-electron chi connectivity index (χ2n) is 5.44. The number of nitrogens with zero attached hydrogens (tertiary/aromatic N) is 1. The van der Waals surface area contributed by atoms with E-state index in [1.54, 1.807) is 6.20 Å². The third-order valence-electron chi connectivity index (χ3n) is 4.34. The second-order valence-corrected chi connectivity index (χ2v) is 6.34. The quantitative estimate of drug-likeness (QED) is 0.879. The molecule has 1 heterocycles. The number of fused-ring (bicyclic) bond motifs is 2. The van der Waals surface area contributed by atoms with E-state index in [9.17, 15) is 4.79 Å². The fourth-order valence-corrected chi connectivity index (χ4v) is 4.05. The minimum atomic E-state index is -0.131. The molecule has 0 aromatic carbocycles. The summed E-state index contributed by atoms with van der Waals surface area (Å²) in [7, 11) is 0. The summed E-state index contributed by atoms with van der Waals surface area (Å²) in [4.78, 5) is 15.6. The maximum atomic E-state index is 11.6. The number of hydrogen-bond donors (Lipinski definition) is 2. The van der Waals surface area contributed by atoms with Gasteiger partial charge in [-0.15, -0.1) is 11.3 Å². The average Bonchev–Trinajstić information content (AvgIpc) is 3.04. The van der Waals surface area contributed by atoms with Crippen molar-refractivity contribution in [3.05, 3.63) is 11.6 Å². The molecule has 0 radical (unpaired) electrons. The van der Waals surface area contributed by atoms with Gasteiger partial charge in [0.25, 0.3) is 0 Å². The van der Waals surface area contributed by atoms with Crippen LogP contribution in [0.2, 0.25) is 0 Å². The lowest BCUT2D eigenvalue weighted by Crippen LogP contribution is -2.31. The number of carbonyl (C=O) groups excluding carboxylic acids is 1. The number of carbonyl (C=O) groups is 1. The summed E-state index contributed by atoms with van der Waals surface area (Å²) in [6.07, 6.45) is 8.51. The van der Waals surface area contributed by atoms with Crippen LogP contribution in [0.3, 0.4) is 0 Å². The van der Waals surface area contributed by atoms with Crippen molar-refractivity contribution < 1.29 is 4.79 Å². The summed E-state index contributed by atoms with van der Waals surface area (Å²) in [6, 6.07) is -0.131. The molecule has 18 heavy (non-hydrogen) atoms. The number of rotatable bonds is 4. The Bertz CT molecular complexity index is 406. The van der Waals surface area contributed by atoms with Crippen molar-refractivity contribution in [3.63, 3.8) is 0 Å². The highest BCUT2D eigenvalue weighted by molar-refractivity contribution is 7.13. The lowest BCUT2D eigenvalue weighted by atomic mass is 9.86. The summed E-state index contributed by atoms with van der Waals surface area (Å²) >= 11 is 1.44. The van der Waals surface area contributed by atoms with E-state index in [4.69, 9.17) is 0 Å².